The molecule has 5 aromatic rings. The van der Waals surface area contributed by atoms with Gasteiger partial charge in [0.05, 0.1) is 17.3 Å². The molecule has 0 unspecified atom stereocenters. The minimum Gasteiger partial charge on any atom is -0.435 e. The van der Waals surface area contributed by atoms with Crippen LogP contribution in [0.3, 0.4) is 0 Å². The maximum Gasteiger partial charge on any atom is 0.237 e. The van der Waals surface area contributed by atoms with Gasteiger partial charge in [-0.05, 0) is 80.8 Å². The monoisotopic (exact) mass is 704 g/mol. The first-order valence-electron chi connectivity index (χ1n) is 14.8. The zero-order valence-corrected chi connectivity index (χ0v) is 28.3. The topological polar surface area (TPSA) is 52.1 Å². The van der Waals surface area contributed by atoms with Gasteiger partial charge in [0.1, 0.15) is 11.0 Å². The number of rotatable bonds is 16. The zero-order chi connectivity index (χ0) is 27.9. The van der Waals surface area contributed by atoms with E-state index in [9.17, 15) is 0 Å². The van der Waals surface area contributed by atoms with Crippen LogP contribution in [-0.4, -0.2) is 9.97 Å². The number of benzene rings is 1. The lowest BCUT2D eigenvalue weighted by Crippen LogP contribution is -1.84. The molecule has 0 spiro atoms. The van der Waals surface area contributed by atoms with Crippen molar-refractivity contribution in [3.8, 4) is 21.5 Å². The number of fused-ring (bicyclic) bond motifs is 2. The van der Waals surface area contributed by atoms with Crippen LogP contribution in [0.1, 0.15) is 102 Å². The van der Waals surface area contributed by atoms with Crippen molar-refractivity contribution < 1.29 is 8.83 Å². The van der Waals surface area contributed by atoms with Crippen molar-refractivity contribution in [3.05, 3.63) is 43.0 Å². The largest absolute Gasteiger partial charge is 0.435 e. The predicted molar refractivity (Wildman–Crippen MR) is 178 cm³/mol. The van der Waals surface area contributed by atoms with E-state index in [0.717, 1.165) is 44.8 Å². The van der Waals surface area contributed by atoms with E-state index in [-0.39, 0.29) is 0 Å². The van der Waals surface area contributed by atoms with E-state index in [1.165, 1.54) is 95.7 Å². The van der Waals surface area contributed by atoms with Gasteiger partial charge in [0.25, 0.3) is 0 Å². The summed E-state index contributed by atoms with van der Waals surface area (Å²) >= 11 is 10.9. The maximum atomic E-state index is 6.21. The van der Waals surface area contributed by atoms with Crippen molar-refractivity contribution in [2.45, 2.75) is 104 Å². The third kappa shape index (κ3) is 7.47. The number of nitrogens with zero attached hydrogens (tertiary/aromatic N) is 2. The zero-order valence-electron chi connectivity index (χ0n) is 23.5. The van der Waals surface area contributed by atoms with Crippen LogP contribution in [0.5, 0.6) is 0 Å². The Kier molecular flexibility index (Phi) is 11.0. The summed E-state index contributed by atoms with van der Waals surface area (Å²) in [6, 6.07) is 8.36. The molecule has 0 N–H and O–H groups in total. The minimum absolute atomic E-state index is 0.657. The molecule has 0 aliphatic heterocycles. The second kappa shape index (κ2) is 14.6. The maximum absolute atomic E-state index is 6.21. The molecule has 214 valence electrons. The molecular formula is C32H38Br2N2O2S2. The Bertz CT molecular complexity index is 1370. The predicted octanol–water partition coefficient (Wildman–Crippen LogP) is 12.8. The molecule has 4 nitrogen and oxygen atoms in total. The number of halogens is 2. The minimum atomic E-state index is 0.657. The highest BCUT2D eigenvalue weighted by molar-refractivity contribution is 9.11. The SMILES string of the molecule is CCCCCCCCc1cc(-c2nc3cc4oc(-c5cc(CCCCCCCC)c(Br)s5)nc4cc3o2)sc1Br. The summed E-state index contributed by atoms with van der Waals surface area (Å²) in [7, 11) is 0. The summed E-state index contributed by atoms with van der Waals surface area (Å²) in [5.74, 6) is 1.31. The fourth-order valence-corrected chi connectivity index (χ4v) is 8.51. The Morgan fingerprint density at radius 3 is 1.40 bits per heavy atom. The van der Waals surface area contributed by atoms with Gasteiger partial charge in [-0.15, -0.1) is 22.7 Å². The summed E-state index contributed by atoms with van der Waals surface area (Å²) in [6.07, 6.45) is 17.8. The number of thiophene rings is 2. The van der Waals surface area contributed by atoms with E-state index in [1.54, 1.807) is 22.7 Å². The van der Waals surface area contributed by atoms with Crippen LogP contribution < -0.4 is 0 Å². The highest BCUT2D eigenvalue weighted by atomic mass is 79.9. The molecule has 0 aliphatic rings. The average Bonchev–Trinajstić information content (AvgIpc) is 3.72. The van der Waals surface area contributed by atoms with Gasteiger partial charge in [-0.25, -0.2) is 9.97 Å². The fraction of sp³-hybridized carbons (Fsp3) is 0.500. The molecular weight excluding hydrogens is 668 g/mol. The first kappa shape index (κ1) is 30.0. The quantitative estimate of drug-likeness (QED) is 0.0959. The lowest BCUT2D eigenvalue weighted by atomic mass is 10.1. The molecule has 0 amide bonds. The van der Waals surface area contributed by atoms with Gasteiger partial charge in [0.15, 0.2) is 11.2 Å². The Hall–Kier alpha value is -1.48. The van der Waals surface area contributed by atoms with E-state index < -0.39 is 0 Å². The first-order chi connectivity index (χ1) is 19.6. The van der Waals surface area contributed by atoms with Crippen molar-refractivity contribution in [2.24, 2.45) is 0 Å². The fourth-order valence-electron chi connectivity index (χ4n) is 5.12. The van der Waals surface area contributed by atoms with Crippen LogP contribution in [0.2, 0.25) is 0 Å². The van der Waals surface area contributed by atoms with Crippen LogP contribution >= 0.6 is 54.5 Å². The van der Waals surface area contributed by atoms with E-state index in [0.29, 0.717) is 11.8 Å². The van der Waals surface area contributed by atoms with Crippen molar-refractivity contribution >= 4 is 76.7 Å². The van der Waals surface area contributed by atoms with Gasteiger partial charge in [-0.1, -0.05) is 78.1 Å². The Balaban J connectivity index is 1.25. The smallest absolute Gasteiger partial charge is 0.237 e. The summed E-state index contributed by atoms with van der Waals surface area (Å²) in [5, 5.41) is 0. The van der Waals surface area contributed by atoms with Crippen LogP contribution in [-0.2, 0) is 12.8 Å². The van der Waals surface area contributed by atoms with Crippen molar-refractivity contribution in [2.75, 3.05) is 0 Å². The molecule has 0 fully saturated rings. The van der Waals surface area contributed by atoms with E-state index in [1.807, 2.05) is 12.1 Å². The molecule has 5 rings (SSSR count). The lowest BCUT2D eigenvalue weighted by Gasteiger charge is -2.00. The molecule has 1 aromatic carbocycles. The van der Waals surface area contributed by atoms with Crippen molar-refractivity contribution in [3.63, 3.8) is 0 Å². The summed E-state index contributed by atoms with van der Waals surface area (Å²) < 4.78 is 14.8. The lowest BCUT2D eigenvalue weighted by molar-refractivity contribution is 0.607. The Morgan fingerprint density at radius 1 is 0.575 bits per heavy atom. The van der Waals surface area contributed by atoms with Gasteiger partial charge in [0, 0.05) is 12.1 Å². The van der Waals surface area contributed by atoms with Crippen LogP contribution in [0.25, 0.3) is 43.7 Å². The van der Waals surface area contributed by atoms with Gasteiger partial charge < -0.3 is 8.83 Å². The number of aryl methyl sites for hydroxylation is 2. The Morgan fingerprint density at radius 2 is 0.975 bits per heavy atom. The number of unbranched alkanes of at least 4 members (excludes halogenated alkanes) is 10. The third-order valence-corrected chi connectivity index (χ3v) is 11.3. The third-order valence-electron chi connectivity index (χ3n) is 7.43. The highest BCUT2D eigenvalue weighted by Gasteiger charge is 2.18. The van der Waals surface area contributed by atoms with Gasteiger partial charge in [-0.2, -0.15) is 0 Å². The highest BCUT2D eigenvalue weighted by Crippen LogP contribution is 2.39. The summed E-state index contributed by atoms with van der Waals surface area (Å²) in [6.45, 7) is 4.52. The number of hydrogen-bond donors (Lipinski definition) is 0. The van der Waals surface area contributed by atoms with Gasteiger partial charge in [-0.3, -0.25) is 0 Å². The second-order valence-corrected chi connectivity index (χ2v) is 15.4. The van der Waals surface area contributed by atoms with Crippen LogP contribution in [0.4, 0.5) is 0 Å². The molecule has 4 heterocycles. The molecule has 4 aromatic heterocycles. The standard InChI is InChI=1S/C32H38Br2N2O2S2/c1-3-5-7-9-11-13-15-21-17-27(39-29(21)33)31-35-23-19-26-24(20-25(23)37-31)36-32(38-26)28-18-22(30(34)40-28)16-14-12-10-8-6-4-2/h17-20H,3-16H2,1-2H3. The average molecular weight is 707 g/mol. The second-order valence-electron chi connectivity index (χ2n) is 10.7. The van der Waals surface area contributed by atoms with E-state index >= 15 is 0 Å². The molecule has 0 radical (unpaired) electrons. The summed E-state index contributed by atoms with van der Waals surface area (Å²) in [5.41, 5.74) is 5.75. The van der Waals surface area contributed by atoms with Gasteiger partial charge >= 0.3 is 0 Å². The molecule has 0 saturated carbocycles. The number of hydrogen-bond acceptors (Lipinski definition) is 6. The molecule has 0 aliphatic carbocycles. The molecule has 0 bridgehead atoms. The molecule has 0 saturated heterocycles. The van der Waals surface area contributed by atoms with Crippen molar-refractivity contribution in [1.82, 2.24) is 9.97 Å². The van der Waals surface area contributed by atoms with Crippen LogP contribution in [0, 0.1) is 0 Å². The van der Waals surface area contributed by atoms with Gasteiger partial charge in [0.2, 0.25) is 11.8 Å². The Labute approximate surface area is 262 Å². The molecule has 0 atom stereocenters. The van der Waals surface area contributed by atoms with E-state index in [2.05, 4.69) is 57.8 Å². The number of oxazole rings is 2. The molecule has 8 heteroatoms. The molecule has 40 heavy (non-hydrogen) atoms. The van der Waals surface area contributed by atoms with Crippen LogP contribution in [0.15, 0.2) is 40.7 Å². The normalized spacial score (nSPS) is 11.9. The first-order valence-corrected chi connectivity index (χ1v) is 18.1. The van der Waals surface area contributed by atoms with Crippen molar-refractivity contribution in [1.29, 1.82) is 0 Å². The van der Waals surface area contributed by atoms with E-state index in [4.69, 9.17) is 18.8 Å². The summed E-state index contributed by atoms with van der Waals surface area (Å²) in [4.78, 5) is 11.7. The number of aromatic nitrogens is 2.